The average Bonchev–Trinajstić information content (AvgIpc) is 2.75. The molecule has 1 unspecified atom stereocenters. The third kappa shape index (κ3) is 3.05. The summed E-state index contributed by atoms with van der Waals surface area (Å²) in [6.07, 6.45) is 11.7. The molecule has 5 aliphatic rings. The minimum absolute atomic E-state index is 0.0562. The van der Waals surface area contributed by atoms with Crippen LogP contribution in [0.5, 0.6) is 0 Å². The molecule has 5 rings (SSSR count). The number of carbonyl (C=O) groups is 1. The van der Waals surface area contributed by atoms with Crippen molar-refractivity contribution < 1.29 is 20.1 Å². The zero-order chi connectivity index (χ0) is 24.0. The Morgan fingerprint density at radius 2 is 1.61 bits per heavy atom. The van der Waals surface area contributed by atoms with Crippen molar-refractivity contribution in [3.8, 4) is 0 Å². The molecule has 4 saturated carbocycles. The van der Waals surface area contributed by atoms with Gasteiger partial charge in [0.25, 0.3) is 0 Å². The van der Waals surface area contributed by atoms with Crippen LogP contribution in [0, 0.1) is 50.7 Å². The van der Waals surface area contributed by atoms with E-state index in [1.165, 1.54) is 5.57 Å². The van der Waals surface area contributed by atoms with E-state index in [0.717, 1.165) is 64.2 Å². The molecule has 0 aliphatic heterocycles. The van der Waals surface area contributed by atoms with Crippen LogP contribution in [0.2, 0.25) is 0 Å². The lowest BCUT2D eigenvalue weighted by atomic mass is 9.37. The molecule has 9 atom stereocenters. The maximum absolute atomic E-state index is 12.7. The molecule has 0 aromatic rings. The van der Waals surface area contributed by atoms with Crippen molar-refractivity contribution in [2.24, 2.45) is 50.7 Å². The number of carboxylic acids is 1. The Labute approximate surface area is 200 Å². The first-order valence-electron chi connectivity index (χ1n) is 13.6. The highest BCUT2D eigenvalue weighted by Crippen LogP contribution is 2.72. The molecule has 0 spiro atoms. The van der Waals surface area contributed by atoms with Gasteiger partial charge in [0.05, 0.1) is 18.1 Å². The van der Waals surface area contributed by atoms with Gasteiger partial charge in [-0.3, -0.25) is 4.79 Å². The number of rotatable bonds is 2. The predicted molar refractivity (Wildman–Crippen MR) is 129 cm³/mol. The first kappa shape index (κ1) is 23.9. The second kappa shape index (κ2) is 7.32. The van der Waals surface area contributed by atoms with Crippen LogP contribution in [0.25, 0.3) is 0 Å². The Morgan fingerprint density at radius 3 is 2.27 bits per heavy atom. The van der Waals surface area contributed by atoms with Crippen LogP contribution < -0.4 is 0 Å². The van der Waals surface area contributed by atoms with Gasteiger partial charge in [-0.1, -0.05) is 46.3 Å². The summed E-state index contributed by atoms with van der Waals surface area (Å²) in [6.45, 7) is 11.8. The van der Waals surface area contributed by atoms with Crippen molar-refractivity contribution in [3.63, 3.8) is 0 Å². The smallest absolute Gasteiger partial charge is 0.310 e. The highest BCUT2D eigenvalue weighted by molar-refractivity contribution is 5.76. The molecule has 4 nitrogen and oxygen atoms in total. The van der Waals surface area contributed by atoms with Gasteiger partial charge >= 0.3 is 5.97 Å². The van der Waals surface area contributed by atoms with Crippen molar-refractivity contribution in [3.05, 3.63) is 11.6 Å². The van der Waals surface area contributed by atoms with Crippen molar-refractivity contribution >= 4 is 5.97 Å². The molecule has 0 saturated heterocycles. The highest BCUT2D eigenvalue weighted by Gasteiger charge is 2.66. The average molecular weight is 459 g/mol. The van der Waals surface area contributed by atoms with E-state index in [1.807, 2.05) is 0 Å². The fraction of sp³-hybridized carbons (Fsp3) is 0.897. The van der Waals surface area contributed by atoms with Crippen LogP contribution in [0.1, 0.15) is 98.8 Å². The fourth-order valence-electron chi connectivity index (χ4n) is 10.3. The summed E-state index contributed by atoms with van der Waals surface area (Å²) < 4.78 is 0. The van der Waals surface area contributed by atoms with E-state index < -0.39 is 22.9 Å². The second-order valence-corrected chi connectivity index (χ2v) is 14.3. The van der Waals surface area contributed by atoms with Crippen LogP contribution in [0.3, 0.4) is 0 Å². The lowest BCUT2D eigenvalue weighted by Crippen LogP contribution is -2.63. The Hall–Kier alpha value is -0.870. The highest BCUT2D eigenvalue weighted by atomic mass is 16.4. The van der Waals surface area contributed by atoms with E-state index in [1.54, 1.807) is 0 Å². The van der Waals surface area contributed by atoms with Gasteiger partial charge in [-0.2, -0.15) is 0 Å². The summed E-state index contributed by atoms with van der Waals surface area (Å²) in [5, 5.41) is 31.6. The van der Waals surface area contributed by atoms with E-state index in [9.17, 15) is 20.1 Å². The quantitative estimate of drug-likeness (QED) is 0.456. The van der Waals surface area contributed by atoms with Gasteiger partial charge in [-0.15, -0.1) is 0 Å². The van der Waals surface area contributed by atoms with E-state index in [-0.39, 0.29) is 28.8 Å². The van der Waals surface area contributed by atoms with Crippen molar-refractivity contribution in [2.75, 3.05) is 6.61 Å². The number of allylic oxidation sites excluding steroid dienone is 2. The number of carboxylic acid groups (broad SMARTS) is 1. The van der Waals surface area contributed by atoms with E-state index in [2.05, 4.69) is 40.7 Å². The molecule has 0 heterocycles. The van der Waals surface area contributed by atoms with Gasteiger partial charge in [0.15, 0.2) is 0 Å². The summed E-state index contributed by atoms with van der Waals surface area (Å²) in [7, 11) is 0. The zero-order valence-corrected chi connectivity index (χ0v) is 21.5. The van der Waals surface area contributed by atoms with Crippen LogP contribution in [0.4, 0.5) is 0 Å². The van der Waals surface area contributed by atoms with Gasteiger partial charge in [0.1, 0.15) is 0 Å². The summed E-state index contributed by atoms with van der Waals surface area (Å²) in [5.74, 6) is 0.960. The van der Waals surface area contributed by atoms with Crippen LogP contribution in [0.15, 0.2) is 11.6 Å². The topological polar surface area (TPSA) is 77.8 Å². The third-order valence-electron chi connectivity index (χ3n) is 12.4. The Kier molecular flexibility index (Phi) is 5.29. The van der Waals surface area contributed by atoms with Crippen LogP contribution in [-0.2, 0) is 4.79 Å². The summed E-state index contributed by atoms with van der Waals surface area (Å²) in [5.41, 5.74) is 0.997. The lowest BCUT2D eigenvalue weighted by molar-refractivity contribution is -0.202. The molecule has 4 heteroatoms. The van der Waals surface area contributed by atoms with Gasteiger partial charge in [0.2, 0.25) is 0 Å². The van der Waals surface area contributed by atoms with Gasteiger partial charge in [-0.25, -0.2) is 0 Å². The number of fused-ring (bicyclic) bond motifs is 7. The van der Waals surface area contributed by atoms with Crippen molar-refractivity contribution in [1.29, 1.82) is 0 Å². The molecule has 0 aromatic heterocycles. The number of hydrogen-bond acceptors (Lipinski definition) is 3. The zero-order valence-electron chi connectivity index (χ0n) is 21.5. The first-order chi connectivity index (χ1) is 15.3. The maximum Gasteiger partial charge on any atom is 0.310 e. The van der Waals surface area contributed by atoms with Crippen molar-refractivity contribution in [1.82, 2.24) is 0 Å². The Bertz CT molecular complexity index is 862. The van der Waals surface area contributed by atoms with Gasteiger partial charge in [0, 0.05) is 5.41 Å². The Balaban J connectivity index is 1.55. The minimum Gasteiger partial charge on any atom is -0.481 e. The normalized spacial score (nSPS) is 53.1. The first-order valence-corrected chi connectivity index (χ1v) is 13.6. The van der Waals surface area contributed by atoms with E-state index in [0.29, 0.717) is 17.8 Å². The molecule has 0 bridgehead atoms. The van der Waals surface area contributed by atoms with Crippen molar-refractivity contribution in [2.45, 2.75) is 105 Å². The minimum atomic E-state index is -0.565. The standard InChI is InChI=1S/C29H46O4/c1-25(2)14-15-29(24(32)33)13-8-19-18(20(29)16-25)6-7-21-26(19,3)11-9-22-27(21,4)12-10-23(31)28(22,5)17-30/h6,19-23,30-31H,7-17H2,1-5H3,(H,32,33)/t19?,20-,21-,22+,23-,26-,27+,28-,29+/m0/s1. The monoisotopic (exact) mass is 458 g/mol. The fourth-order valence-corrected chi connectivity index (χ4v) is 10.3. The summed E-state index contributed by atoms with van der Waals surface area (Å²) in [6, 6.07) is 0. The second-order valence-electron chi connectivity index (χ2n) is 14.3. The van der Waals surface area contributed by atoms with E-state index >= 15 is 0 Å². The van der Waals surface area contributed by atoms with E-state index in [4.69, 9.17) is 0 Å². The molecule has 0 aromatic carbocycles. The molecule has 5 aliphatic carbocycles. The molecule has 186 valence electrons. The number of aliphatic hydroxyl groups excluding tert-OH is 2. The maximum atomic E-state index is 12.7. The largest absolute Gasteiger partial charge is 0.481 e. The molecular weight excluding hydrogens is 412 g/mol. The SMILES string of the molecule is CC1(C)CC[C@]2(C(=O)O)CCC3C(=CC[C@@H]4[C@@]5(C)CC[C@H](O)[C@@](C)(CO)[C@@H]5CC[C@@]34C)[C@@H]2C1. The third-order valence-corrected chi connectivity index (χ3v) is 12.4. The van der Waals surface area contributed by atoms with Crippen LogP contribution >= 0.6 is 0 Å². The molecule has 0 amide bonds. The lowest BCUT2D eigenvalue weighted by Gasteiger charge is -2.68. The molecular formula is C29H46O4. The Morgan fingerprint density at radius 1 is 0.909 bits per heavy atom. The molecule has 0 radical (unpaired) electrons. The molecule has 4 fully saturated rings. The van der Waals surface area contributed by atoms with Gasteiger partial charge < -0.3 is 15.3 Å². The molecule has 3 N–H and O–H groups in total. The number of aliphatic carboxylic acids is 1. The summed E-state index contributed by atoms with van der Waals surface area (Å²) in [4.78, 5) is 12.7. The predicted octanol–water partition coefficient (Wildman–Crippen LogP) is 5.82. The number of aliphatic hydroxyl groups is 2. The van der Waals surface area contributed by atoms with Gasteiger partial charge in [-0.05, 0) is 104 Å². The van der Waals surface area contributed by atoms with Crippen LogP contribution in [-0.4, -0.2) is 34.0 Å². The summed E-state index contributed by atoms with van der Waals surface area (Å²) >= 11 is 0. The molecule has 33 heavy (non-hydrogen) atoms. The number of hydrogen-bond donors (Lipinski definition) is 3.